The number of thiophene rings is 1. The van der Waals surface area contributed by atoms with Gasteiger partial charge in [0.15, 0.2) is 11.5 Å². The minimum Gasteiger partial charge on any atom is -0.490 e. The summed E-state index contributed by atoms with van der Waals surface area (Å²) in [6.45, 7) is 1.80. The molecule has 0 saturated carbocycles. The first-order valence-electron chi connectivity index (χ1n) is 9.28. The second-order valence-corrected chi connectivity index (χ2v) is 9.67. The van der Waals surface area contributed by atoms with Crippen molar-refractivity contribution in [3.63, 3.8) is 0 Å². The Morgan fingerprint density at radius 2 is 1.86 bits per heavy atom. The first-order chi connectivity index (χ1) is 13.5. The smallest absolute Gasteiger partial charge is 0.261 e. The van der Waals surface area contributed by atoms with Crippen molar-refractivity contribution in [1.29, 1.82) is 0 Å². The van der Waals surface area contributed by atoms with Gasteiger partial charge in [0.25, 0.3) is 5.91 Å². The zero-order valence-corrected chi connectivity index (χ0v) is 16.9. The molecule has 9 heteroatoms. The van der Waals surface area contributed by atoms with E-state index in [1.54, 1.807) is 24.3 Å². The van der Waals surface area contributed by atoms with Gasteiger partial charge in [-0.15, -0.1) is 11.3 Å². The molecule has 1 aromatic carbocycles. The summed E-state index contributed by atoms with van der Waals surface area (Å²) < 4.78 is 38.7. The second kappa shape index (κ2) is 8.10. The minimum absolute atomic E-state index is 0.0233. The van der Waals surface area contributed by atoms with Crippen molar-refractivity contribution in [2.75, 3.05) is 26.3 Å². The molecule has 1 amide bonds. The maximum atomic E-state index is 13.0. The maximum Gasteiger partial charge on any atom is 0.261 e. The van der Waals surface area contributed by atoms with E-state index in [1.165, 1.54) is 15.6 Å². The fraction of sp³-hybridized carbons (Fsp3) is 0.421. The second-order valence-electron chi connectivity index (χ2n) is 6.79. The Balaban J connectivity index is 1.41. The third-order valence-electron chi connectivity index (χ3n) is 4.89. The lowest BCUT2D eigenvalue weighted by Crippen LogP contribution is -2.46. The molecule has 0 unspecified atom stereocenters. The molecule has 28 heavy (non-hydrogen) atoms. The summed E-state index contributed by atoms with van der Waals surface area (Å²) in [4.78, 5) is 13.1. The van der Waals surface area contributed by atoms with Gasteiger partial charge in [-0.25, -0.2) is 8.42 Å². The average molecular weight is 423 g/mol. The van der Waals surface area contributed by atoms with Crippen molar-refractivity contribution >= 4 is 27.3 Å². The third-order valence-corrected chi connectivity index (χ3v) is 7.65. The summed E-state index contributed by atoms with van der Waals surface area (Å²) in [5.74, 6) is 0.947. The van der Waals surface area contributed by atoms with Crippen molar-refractivity contribution < 1.29 is 22.7 Å². The number of hydrogen-bond donors (Lipinski definition) is 1. The number of amides is 1. The van der Waals surface area contributed by atoms with Crippen LogP contribution in [0.3, 0.4) is 0 Å². The van der Waals surface area contributed by atoms with Crippen LogP contribution in [0.25, 0.3) is 0 Å². The van der Waals surface area contributed by atoms with Gasteiger partial charge >= 0.3 is 0 Å². The number of benzene rings is 1. The molecule has 150 valence electrons. The van der Waals surface area contributed by atoms with E-state index in [1.807, 2.05) is 11.4 Å². The first kappa shape index (κ1) is 19.2. The van der Waals surface area contributed by atoms with Crippen LogP contribution < -0.4 is 14.8 Å². The van der Waals surface area contributed by atoms with Gasteiger partial charge in [-0.3, -0.25) is 4.79 Å². The normalized spacial score (nSPS) is 18.4. The molecule has 7 nitrogen and oxygen atoms in total. The van der Waals surface area contributed by atoms with E-state index < -0.39 is 10.0 Å². The van der Waals surface area contributed by atoms with E-state index >= 15 is 0 Å². The highest BCUT2D eigenvalue weighted by Gasteiger charge is 2.31. The predicted molar refractivity (Wildman–Crippen MR) is 106 cm³/mol. The molecule has 1 saturated heterocycles. The number of nitrogens with one attached hydrogen (secondary N) is 1. The molecule has 0 aliphatic carbocycles. The van der Waals surface area contributed by atoms with E-state index in [0.29, 0.717) is 55.5 Å². The fourth-order valence-electron chi connectivity index (χ4n) is 3.36. The molecule has 0 bridgehead atoms. The monoisotopic (exact) mass is 422 g/mol. The van der Waals surface area contributed by atoms with Gasteiger partial charge in [-0.2, -0.15) is 4.31 Å². The molecule has 1 aromatic heterocycles. The number of nitrogens with zero attached hydrogens (tertiary/aromatic N) is 1. The highest BCUT2D eigenvalue weighted by molar-refractivity contribution is 7.89. The molecular formula is C19H22N2O5S2. The van der Waals surface area contributed by atoms with E-state index in [2.05, 4.69) is 5.32 Å². The van der Waals surface area contributed by atoms with Crippen LogP contribution in [0.15, 0.2) is 40.6 Å². The van der Waals surface area contributed by atoms with Crippen LogP contribution in [-0.2, 0) is 10.0 Å². The lowest BCUT2D eigenvalue weighted by Gasteiger charge is -2.31. The summed E-state index contributed by atoms with van der Waals surface area (Å²) in [6, 6.07) is 8.36. The van der Waals surface area contributed by atoms with E-state index in [-0.39, 0.29) is 16.8 Å². The highest BCUT2D eigenvalue weighted by Crippen LogP contribution is 2.33. The Kier molecular flexibility index (Phi) is 5.56. The third kappa shape index (κ3) is 4.01. The van der Waals surface area contributed by atoms with Crippen LogP contribution in [-0.4, -0.2) is 51.0 Å². The Hall–Kier alpha value is -2.10. The molecule has 1 N–H and O–H groups in total. The number of hydrogen-bond acceptors (Lipinski definition) is 6. The van der Waals surface area contributed by atoms with Crippen molar-refractivity contribution in [2.24, 2.45) is 0 Å². The molecule has 4 rings (SSSR count). The highest BCUT2D eigenvalue weighted by atomic mass is 32.2. The molecule has 1 fully saturated rings. The lowest BCUT2D eigenvalue weighted by molar-refractivity contribution is 0.0928. The number of carbonyl (C=O) groups is 1. The van der Waals surface area contributed by atoms with Crippen molar-refractivity contribution in [3.05, 3.63) is 40.6 Å². The van der Waals surface area contributed by atoms with Crippen molar-refractivity contribution in [2.45, 2.75) is 30.2 Å². The molecule has 2 aliphatic heterocycles. The average Bonchev–Trinajstić information content (AvgIpc) is 3.14. The molecule has 0 atom stereocenters. The quantitative estimate of drug-likeness (QED) is 0.818. The Morgan fingerprint density at radius 1 is 1.11 bits per heavy atom. The number of rotatable bonds is 4. The first-order valence-corrected chi connectivity index (χ1v) is 11.6. The summed E-state index contributed by atoms with van der Waals surface area (Å²) in [5, 5.41) is 4.85. The predicted octanol–water partition coefficient (Wildman–Crippen LogP) is 2.49. The van der Waals surface area contributed by atoms with Crippen LogP contribution >= 0.6 is 11.3 Å². The SMILES string of the molecule is O=C(NC1CCN(S(=O)(=O)c2ccc3c(c2)OCCCO3)CC1)c1cccs1. The van der Waals surface area contributed by atoms with E-state index in [4.69, 9.17) is 9.47 Å². The zero-order valence-electron chi connectivity index (χ0n) is 15.3. The van der Waals surface area contributed by atoms with Gasteiger partial charge in [0.05, 0.1) is 23.0 Å². The summed E-state index contributed by atoms with van der Waals surface area (Å²) in [5.41, 5.74) is 0. The van der Waals surface area contributed by atoms with Crippen LogP contribution in [0.4, 0.5) is 0 Å². The Bertz CT molecular complexity index is 935. The van der Waals surface area contributed by atoms with Gasteiger partial charge in [-0.1, -0.05) is 6.07 Å². The Labute approximate surface area is 168 Å². The number of carbonyl (C=O) groups excluding carboxylic acids is 1. The van der Waals surface area contributed by atoms with Crippen molar-refractivity contribution in [3.8, 4) is 11.5 Å². The summed E-state index contributed by atoms with van der Waals surface area (Å²) in [6.07, 6.45) is 1.93. The van der Waals surface area contributed by atoms with Crippen LogP contribution in [0.5, 0.6) is 11.5 Å². The lowest BCUT2D eigenvalue weighted by atomic mass is 10.1. The van der Waals surface area contributed by atoms with E-state index in [9.17, 15) is 13.2 Å². The van der Waals surface area contributed by atoms with Crippen LogP contribution in [0, 0.1) is 0 Å². The summed E-state index contributed by atoms with van der Waals surface area (Å²) in [7, 11) is -3.62. The fourth-order valence-corrected chi connectivity index (χ4v) is 5.47. The van der Waals surface area contributed by atoms with Crippen LogP contribution in [0.1, 0.15) is 28.9 Å². The topological polar surface area (TPSA) is 84.9 Å². The zero-order chi connectivity index (χ0) is 19.6. The Morgan fingerprint density at radius 3 is 2.57 bits per heavy atom. The number of ether oxygens (including phenoxy) is 2. The number of piperidine rings is 1. The van der Waals surface area contributed by atoms with Gasteiger partial charge in [0, 0.05) is 31.6 Å². The van der Waals surface area contributed by atoms with Gasteiger partial charge in [0.1, 0.15) is 0 Å². The standard InChI is InChI=1S/C19H22N2O5S2/c22-19(18-3-1-12-27-18)20-14-6-8-21(9-7-14)28(23,24)15-4-5-16-17(13-15)26-11-2-10-25-16/h1,3-5,12-14H,2,6-11H2,(H,20,22). The molecule has 2 aliphatic rings. The molecule has 3 heterocycles. The summed E-state index contributed by atoms with van der Waals surface area (Å²) >= 11 is 1.39. The number of sulfonamides is 1. The van der Waals surface area contributed by atoms with Gasteiger partial charge < -0.3 is 14.8 Å². The molecule has 0 radical (unpaired) electrons. The number of fused-ring (bicyclic) bond motifs is 1. The molecule has 2 aromatic rings. The molecule has 0 spiro atoms. The molecular weight excluding hydrogens is 400 g/mol. The van der Waals surface area contributed by atoms with Crippen molar-refractivity contribution in [1.82, 2.24) is 9.62 Å². The maximum absolute atomic E-state index is 13.0. The van der Waals surface area contributed by atoms with Gasteiger partial charge in [-0.05, 0) is 36.4 Å². The van der Waals surface area contributed by atoms with E-state index in [0.717, 1.165) is 6.42 Å². The van der Waals surface area contributed by atoms with Gasteiger partial charge in [0.2, 0.25) is 10.0 Å². The van der Waals surface area contributed by atoms with Crippen LogP contribution in [0.2, 0.25) is 0 Å². The largest absolute Gasteiger partial charge is 0.490 e. The minimum atomic E-state index is -3.62.